The molecule has 0 aromatic rings. The average molecular weight is 212 g/mol. The van der Waals surface area contributed by atoms with Crippen LogP contribution in [0.4, 0.5) is 0 Å². The summed E-state index contributed by atoms with van der Waals surface area (Å²) in [5, 5.41) is 0. The van der Waals surface area contributed by atoms with Gasteiger partial charge in [0.1, 0.15) is 5.60 Å². The van der Waals surface area contributed by atoms with Crippen molar-refractivity contribution in [3.63, 3.8) is 0 Å². The third kappa shape index (κ3) is 2.96. The normalized spacial score (nSPS) is 32.5. The molecule has 15 heavy (non-hydrogen) atoms. The SMILES string of the molecule is CC(=O)OC1(C)CCCCC1C(C)(C)C. The predicted molar refractivity (Wildman–Crippen MR) is 61.6 cm³/mol. The van der Waals surface area contributed by atoms with Gasteiger partial charge in [-0.2, -0.15) is 0 Å². The van der Waals surface area contributed by atoms with Crippen molar-refractivity contribution in [3.05, 3.63) is 0 Å². The highest BCUT2D eigenvalue weighted by atomic mass is 16.6. The molecule has 0 amide bonds. The van der Waals surface area contributed by atoms with E-state index < -0.39 is 0 Å². The fraction of sp³-hybridized carbons (Fsp3) is 0.923. The smallest absolute Gasteiger partial charge is 0.303 e. The Morgan fingerprint density at radius 3 is 2.40 bits per heavy atom. The third-order valence-electron chi connectivity index (χ3n) is 3.58. The fourth-order valence-electron chi connectivity index (χ4n) is 3.10. The molecule has 0 N–H and O–H groups in total. The number of hydrogen-bond acceptors (Lipinski definition) is 2. The molecule has 1 aliphatic rings. The first-order valence-corrected chi connectivity index (χ1v) is 5.95. The predicted octanol–water partition coefficient (Wildman–Crippen LogP) is 3.54. The van der Waals surface area contributed by atoms with Crippen LogP contribution in [0.2, 0.25) is 0 Å². The summed E-state index contributed by atoms with van der Waals surface area (Å²) in [6.07, 6.45) is 4.62. The van der Waals surface area contributed by atoms with Gasteiger partial charge in [-0.3, -0.25) is 4.79 Å². The maximum atomic E-state index is 11.2. The number of hydrogen-bond donors (Lipinski definition) is 0. The number of carbonyl (C=O) groups is 1. The summed E-state index contributed by atoms with van der Waals surface area (Å²) in [7, 11) is 0. The minimum atomic E-state index is -0.248. The van der Waals surface area contributed by atoms with Gasteiger partial charge >= 0.3 is 5.97 Å². The molecule has 1 aliphatic carbocycles. The summed E-state index contributed by atoms with van der Waals surface area (Å²) < 4.78 is 5.58. The van der Waals surface area contributed by atoms with Gasteiger partial charge in [-0.1, -0.05) is 27.2 Å². The Balaban J connectivity index is 2.85. The number of carbonyl (C=O) groups excluding carboxylic acids is 1. The molecule has 0 aliphatic heterocycles. The fourth-order valence-corrected chi connectivity index (χ4v) is 3.10. The van der Waals surface area contributed by atoms with E-state index in [4.69, 9.17) is 4.74 Å². The van der Waals surface area contributed by atoms with Crippen LogP contribution in [-0.4, -0.2) is 11.6 Å². The molecule has 0 saturated heterocycles. The monoisotopic (exact) mass is 212 g/mol. The lowest BCUT2D eigenvalue weighted by atomic mass is 9.64. The molecule has 0 spiro atoms. The maximum Gasteiger partial charge on any atom is 0.303 e. The van der Waals surface area contributed by atoms with E-state index in [1.807, 2.05) is 0 Å². The van der Waals surface area contributed by atoms with Crippen molar-refractivity contribution in [2.45, 2.75) is 65.9 Å². The summed E-state index contributed by atoms with van der Waals surface area (Å²) in [6, 6.07) is 0. The summed E-state index contributed by atoms with van der Waals surface area (Å²) >= 11 is 0. The molecule has 2 atom stereocenters. The van der Waals surface area contributed by atoms with Crippen molar-refractivity contribution in [3.8, 4) is 0 Å². The van der Waals surface area contributed by atoms with Gasteiger partial charge in [-0.25, -0.2) is 0 Å². The molecule has 88 valence electrons. The van der Waals surface area contributed by atoms with Crippen LogP contribution >= 0.6 is 0 Å². The molecule has 0 radical (unpaired) electrons. The number of rotatable bonds is 1. The molecule has 0 heterocycles. The lowest BCUT2D eigenvalue weighted by Crippen LogP contribution is -2.47. The Bertz CT molecular complexity index is 239. The first-order chi connectivity index (χ1) is 6.76. The van der Waals surface area contributed by atoms with Crippen LogP contribution in [0.25, 0.3) is 0 Å². The standard InChI is InChI=1S/C13H24O2/c1-10(14)15-13(5)9-7-6-8-11(13)12(2,3)4/h11H,6-9H2,1-5H3. The van der Waals surface area contributed by atoms with Gasteiger partial charge < -0.3 is 4.74 Å². The Morgan fingerprint density at radius 1 is 1.33 bits per heavy atom. The van der Waals surface area contributed by atoms with Crippen molar-refractivity contribution in [1.82, 2.24) is 0 Å². The zero-order chi connectivity index (χ0) is 11.7. The first-order valence-electron chi connectivity index (χ1n) is 5.95. The second-order valence-corrected chi connectivity index (χ2v) is 6.07. The Labute approximate surface area is 93.4 Å². The molecule has 1 saturated carbocycles. The van der Waals surface area contributed by atoms with Crippen molar-refractivity contribution in [2.75, 3.05) is 0 Å². The van der Waals surface area contributed by atoms with Gasteiger partial charge in [0, 0.05) is 12.8 Å². The van der Waals surface area contributed by atoms with Crippen molar-refractivity contribution < 1.29 is 9.53 Å². The Kier molecular flexibility index (Phi) is 3.47. The molecule has 1 rings (SSSR count). The largest absolute Gasteiger partial charge is 0.459 e. The van der Waals surface area contributed by atoms with Gasteiger partial charge in [0.25, 0.3) is 0 Å². The van der Waals surface area contributed by atoms with E-state index >= 15 is 0 Å². The summed E-state index contributed by atoms with van der Waals surface area (Å²) in [6.45, 7) is 10.3. The van der Waals surface area contributed by atoms with Gasteiger partial charge in [-0.15, -0.1) is 0 Å². The van der Waals surface area contributed by atoms with Crippen LogP contribution in [0.3, 0.4) is 0 Å². The molecule has 0 aromatic carbocycles. The minimum absolute atomic E-state index is 0.145. The van der Waals surface area contributed by atoms with Crippen molar-refractivity contribution >= 4 is 5.97 Å². The second-order valence-electron chi connectivity index (χ2n) is 6.07. The van der Waals surface area contributed by atoms with Gasteiger partial charge in [0.2, 0.25) is 0 Å². The third-order valence-corrected chi connectivity index (χ3v) is 3.58. The van der Waals surface area contributed by atoms with Gasteiger partial charge in [-0.05, 0) is 31.6 Å². The summed E-state index contributed by atoms with van der Waals surface area (Å²) in [4.78, 5) is 11.2. The van der Waals surface area contributed by atoms with Crippen LogP contribution in [0.15, 0.2) is 0 Å². The van der Waals surface area contributed by atoms with Crippen LogP contribution in [0.5, 0.6) is 0 Å². The molecule has 1 fully saturated rings. The van der Waals surface area contributed by atoms with Crippen molar-refractivity contribution in [1.29, 1.82) is 0 Å². The molecule has 2 heteroatoms. The van der Waals surface area contributed by atoms with E-state index in [1.54, 1.807) is 0 Å². The minimum Gasteiger partial charge on any atom is -0.459 e. The average Bonchev–Trinajstić information content (AvgIpc) is 1.99. The van der Waals surface area contributed by atoms with E-state index in [0.29, 0.717) is 5.92 Å². The van der Waals surface area contributed by atoms with Crippen LogP contribution < -0.4 is 0 Å². The van der Waals surface area contributed by atoms with E-state index in [0.717, 1.165) is 6.42 Å². The van der Waals surface area contributed by atoms with E-state index in [-0.39, 0.29) is 17.0 Å². The molecule has 2 nitrogen and oxygen atoms in total. The number of esters is 1. The van der Waals surface area contributed by atoms with Crippen LogP contribution in [-0.2, 0) is 9.53 Å². The Hall–Kier alpha value is -0.530. The van der Waals surface area contributed by atoms with Gasteiger partial charge in [0.05, 0.1) is 0 Å². The summed E-state index contributed by atoms with van der Waals surface area (Å²) in [5.41, 5.74) is -0.0348. The van der Waals surface area contributed by atoms with Crippen LogP contribution in [0.1, 0.15) is 60.3 Å². The highest BCUT2D eigenvalue weighted by molar-refractivity contribution is 5.66. The first kappa shape index (κ1) is 12.5. The van der Waals surface area contributed by atoms with E-state index in [1.165, 1.54) is 26.2 Å². The number of ether oxygens (including phenoxy) is 1. The quantitative estimate of drug-likeness (QED) is 0.621. The summed E-state index contributed by atoms with van der Waals surface area (Å²) in [5.74, 6) is 0.330. The lowest BCUT2D eigenvalue weighted by Gasteiger charge is -2.47. The molecule has 0 bridgehead atoms. The van der Waals surface area contributed by atoms with E-state index in [9.17, 15) is 4.79 Å². The van der Waals surface area contributed by atoms with Crippen molar-refractivity contribution in [2.24, 2.45) is 11.3 Å². The topological polar surface area (TPSA) is 26.3 Å². The molecular weight excluding hydrogens is 188 g/mol. The second kappa shape index (κ2) is 4.15. The van der Waals surface area contributed by atoms with Gasteiger partial charge in [0.15, 0.2) is 0 Å². The molecular formula is C13H24O2. The van der Waals surface area contributed by atoms with Crippen LogP contribution in [0, 0.1) is 11.3 Å². The lowest BCUT2D eigenvalue weighted by molar-refractivity contribution is -0.171. The zero-order valence-electron chi connectivity index (χ0n) is 10.7. The maximum absolute atomic E-state index is 11.2. The van der Waals surface area contributed by atoms with E-state index in [2.05, 4.69) is 27.7 Å². The highest BCUT2D eigenvalue weighted by Crippen LogP contribution is 2.46. The highest BCUT2D eigenvalue weighted by Gasteiger charge is 2.45. The Morgan fingerprint density at radius 2 is 1.93 bits per heavy atom. The zero-order valence-corrected chi connectivity index (χ0v) is 10.7. The molecule has 2 unspecified atom stereocenters. The molecule has 0 aromatic heterocycles.